The smallest absolute Gasteiger partial charge is 0.439 e. The molecule has 121 heavy (non-hydrogen) atoms. The monoisotopic (exact) mass is 1730 g/mol. The van der Waals surface area contributed by atoms with Gasteiger partial charge in [-0.1, -0.05) is 68.3 Å². The molecular weight excluding hydrogens is 1670 g/mol. The number of H-pyrrole nitrogens is 5. The number of methoxy groups -OCH3 is 1. The summed E-state index contributed by atoms with van der Waals surface area (Å²) < 4.78 is 54.9. The molecule has 0 bridgehead atoms. The lowest BCUT2D eigenvalue weighted by Crippen LogP contribution is -2.11. The summed E-state index contributed by atoms with van der Waals surface area (Å²) in [5.74, 6) is 4.32. The molecule has 10 aromatic heterocycles. The Morgan fingerprint density at radius 2 is 0.736 bits per heavy atom. The summed E-state index contributed by atoms with van der Waals surface area (Å²) in [6.45, 7) is 0.852. The number of hydrogen-bond acceptors (Lipinski definition) is 35. The van der Waals surface area contributed by atoms with Gasteiger partial charge in [0.15, 0.2) is 22.9 Å². The van der Waals surface area contributed by atoms with Crippen molar-refractivity contribution < 1.29 is 46.9 Å². The van der Waals surface area contributed by atoms with Crippen molar-refractivity contribution in [2.45, 2.75) is 115 Å². The van der Waals surface area contributed by atoms with Crippen LogP contribution in [0, 0.1) is 0 Å². The Labute approximate surface area is 704 Å². The molecule has 0 unspecified atom stereocenters. The maximum Gasteiger partial charge on any atom is 0.439 e. The number of benzene rings is 5. The largest absolute Gasteiger partial charge is 0.489 e. The highest BCUT2D eigenvalue weighted by molar-refractivity contribution is 6.34. The van der Waals surface area contributed by atoms with E-state index in [0.29, 0.717) is 159 Å². The summed E-state index contributed by atoms with van der Waals surface area (Å²) in [5.41, 5.74) is 24.5. The minimum absolute atomic E-state index is 0.140. The molecule has 9 N–H and O–H groups in total. The first kappa shape index (κ1) is 78.4. The van der Waals surface area contributed by atoms with E-state index in [1.165, 1.54) is 31.6 Å². The van der Waals surface area contributed by atoms with Crippen LogP contribution in [0.25, 0.3) is 114 Å². The van der Waals surface area contributed by atoms with Gasteiger partial charge in [0.2, 0.25) is 29.1 Å². The van der Waals surface area contributed by atoms with Crippen LogP contribution in [0.3, 0.4) is 0 Å². The summed E-state index contributed by atoms with van der Waals surface area (Å²) in [4.78, 5) is 69.5. The third kappa shape index (κ3) is 17.6. The number of fused-ring (bicyclic) bond motifs is 6. The average molecular weight is 1740 g/mol. The fraction of sp³-hybridized carbons (Fsp3) is 0.250. The van der Waals surface area contributed by atoms with Crippen molar-refractivity contribution in [2.75, 3.05) is 18.6 Å². The van der Waals surface area contributed by atoms with E-state index in [-0.39, 0.29) is 60.2 Å². The number of ether oxygens (including phenoxy) is 8. The quantitative estimate of drug-likeness (QED) is 0.0372. The Hall–Kier alpha value is -13.8. The van der Waals surface area contributed by atoms with Gasteiger partial charge >= 0.3 is 11.5 Å². The SMILES string of the molecule is COCc1c(-c2ccc(OC3CC3)c(Cl)c2)ncnc1-c1nn[nH]n1.Clc1c(OC2CC2)ccc2c1COc1c(-c3nn[nH]n3)ncnc1-2.Nc1c(-c2ccc(OC3CC3)c(Cl)c2)ncnc1-c1nn[nH]n1.Nc1c(-c2ccc(OC3CC3)c(Cl)c2)ncnc1-c1noc(=O)[nH]1.O=c1[nH]c(-c2ncnc3c2OCc2c-3ccc(OC3CC3)c2Cl)no1. The summed E-state index contributed by atoms with van der Waals surface area (Å²) in [7, 11) is 1.61. The fourth-order valence-corrected chi connectivity index (χ4v) is 13.6. The van der Waals surface area contributed by atoms with Gasteiger partial charge in [-0.3, -0.25) is 19.0 Å². The number of nitrogens with zero attached hydrogens (tertiary/aromatic N) is 21. The zero-order valence-corrected chi connectivity index (χ0v) is 66.6. The number of hydrogen-bond donors (Lipinski definition) is 7. The van der Waals surface area contributed by atoms with Gasteiger partial charge in [0, 0.05) is 51.6 Å². The Morgan fingerprint density at radius 1 is 0.397 bits per heavy atom. The summed E-state index contributed by atoms with van der Waals surface area (Å²) in [6.07, 6.45) is 19.1. The molecule has 0 radical (unpaired) electrons. The average Bonchev–Trinajstić information content (AvgIpc) is 1.09. The van der Waals surface area contributed by atoms with Gasteiger partial charge in [-0.05, 0) is 159 Å². The number of nitrogen functional groups attached to an aromatic ring is 2. The number of rotatable bonds is 20. The second-order valence-electron chi connectivity index (χ2n) is 27.8. The minimum atomic E-state index is -0.686. The molecule has 0 spiro atoms. The van der Waals surface area contributed by atoms with Crippen LogP contribution in [-0.2, 0) is 24.6 Å². The molecular formula is C76H61Cl5N28O12. The zero-order valence-electron chi connectivity index (χ0n) is 62.8. The van der Waals surface area contributed by atoms with Crippen LogP contribution >= 0.6 is 58.0 Å². The molecule has 0 saturated heterocycles. The maximum absolute atomic E-state index is 11.2. The Morgan fingerprint density at radius 3 is 1.14 bits per heavy atom. The molecule has 15 aromatic rings. The van der Waals surface area contributed by atoms with E-state index in [0.717, 1.165) is 103 Å². The second-order valence-corrected chi connectivity index (χ2v) is 29.7. The minimum Gasteiger partial charge on any atom is -0.489 e. The highest BCUT2D eigenvalue weighted by Crippen LogP contribution is 2.49. The zero-order chi connectivity index (χ0) is 82.8. The van der Waals surface area contributed by atoms with Crippen molar-refractivity contribution >= 4 is 69.4 Å². The van der Waals surface area contributed by atoms with Crippen molar-refractivity contribution in [1.82, 2.24) is 132 Å². The number of halogens is 5. The van der Waals surface area contributed by atoms with E-state index < -0.39 is 11.5 Å². The summed E-state index contributed by atoms with van der Waals surface area (Å²) in [5, 5.41) is 51.5. The van der Waals surface area contributed by atoms with Crippen LogP contribution in [0.4, 0.5) is 11.4 Å². The van der Waals surface area contributed by atoms with Gasteiger partial charge < -0.3 is 49.4 Å². The van der Waals surface area contributed by atoms with Crippen LogP contribution in [0.2, 0.25) is 25.1 Å². The Kier molecular flexibility index (Phi) is 22.2. The molecule has 0 atom stereocenters. The first-order valence-corrected chi connectivity index (χ1v) is 39.2. The summed E-state index contributed by atoms with van der Waals surface area (Å²) in [6, 6.07) is 24.0. The van der Waals surface area contributed by atoms with Gasteiger partial charge in [0.1, 0.15) is 102 Å². The highest BCUT2D eigenvalue weighted by atomic mass is 35.5. The van der Waals surface area contributed by atoms with Crippen LogP contribution in [-0.4, -0.2) is 170 Å². The predicted molar refractivity (Wildman–Crippen MR) is 431 cm³/mol. The molecule has 5 saturated carbocycles. The standard InChI is InChI=1S/C16H15ClN6O2.C16H11ClN4O4.C15H11ClN6O2.C15H12ClN5O3.C14H12ClN7O/c1-24-7-11-14(18-8-19-15(11)16-20-22-23-21-16)9-2-5-13(12(17)6-9)25-10-3-4-10;17-11-9-5-23-14-12(8(9)3-4-10(11)24-7-1-2-7)18-6-19-13(14)15-20-16(22)25-21-15;16-11-9-5-23-14-12(8(9)3-4-10(11)24-7-1-2-7)17-6-18-13(14)15-19-21-22-20-15;16-9-5-7(1-4-10(9)23-8-2-3-8)12-11(17)13(19-6-18-12)14-20-15(22)24-21-14;15-9-5-7(1-4-10(9)23-8-2-3-8)12-11(16)13(18-6-17-12)14-19-21-22-20-14/h2,5-6,8,10H,3-4,7H2,1H3,(H,20,21,22,23);3-4,6-7H,1-2,5H2,(H,20,21,22);3-4,6-7H,1-2,5H2,(H,19,20,21,22);1,4-6,8H,2-3,17H2,(H,20,21,22);1,4-6,8H,2-3,16H2,(H,19,20,21,22). The molecule has 0 amide bonds. The third-order valence-electron chi connectivity index (χ3n) is 19.0. The van der Waals surface area contributed by atoms with Gasteiger partial charge in [0.25, 0.3) is 0 Å². The molecule has 40 nitrogen and oxygen atoms in total. The van der Waals surface area contributed by atoms with E-state index in [2.05, 4.69) is 141 Å². The van der Waals surface area contributed by atoms with Crippen LogP contribution in [0.15, 0.2) is 129 Å². The van der Waals surface area contributed by atoms with E-state index in [1.807, 2.05) is 60.7 Å². The van der Waals surface area contributed by atoms with Gasteiger partial charge in [-0.2, -0.15) is 15.6 Å². The number of aromatic nitrogens is 26. The molecule has 22 rings (SSSR count). The van der Waals surface area contributed by atoms with Crippen molar-refractivity contribution in [3.63, 3.8) is 0 Å². The maximum atomic E-state index is 11.2. The lowest BCUT2D eigenvalue weighted by atomic mass is 10.0. The Balaban J connectivity index is 0.000000104. The number of aromatic amines is 5. The van der Waals surface area contributed by atoms with E-state index in [4.69, 9.17) is 107 Å². The van der Waals surface area contributed by atoms with E-state index in [1.54, 1.807) is 25.3 Å². The van der Waals surface area contributed by atoms with Crippen molar-refractivity contribution in [3.8, 4) is 154 Å². The molecule has 5 fully saturated rings. The van der Waals surface area contributed by atoms with Crippen LogP contribution in [0.1, 0.15) is 80.9 Å². The number of anilines is 2. The molecule has 45 heteroatoms. The lowest BCUT2D eigenvalue weighted by molar-refractivity contribution is 0.185. The van der Waals surface area contributed by atoms with Crippen LogP contribution < -0.4 is 56.1 Å². The first-order chi connectivity index (χ1) is 59.1. The first-order valence-electron chi connectivity index (χ1n) is 37.3. The highest BCUT2D eigenvalue weighted by Gasteiger charge is 2.34. The lowest BCUT2D eigenvalue weighted by Gasteiger charge is -2.22. The molecule has 7 aliphatic rings. The molecule has 12 heterocycles. The normalized spacial score (nSPS) is 14.5. The predicted octanol–water partition coefficient (Wildman–Crippen LogP) is 12.0. The Bertz CT molecular complexity index is 6450. The molecule has 5 aliphatic carbocycles. The van der Waals surface area contributed by atoms with E-state index >= 15 is 0 Å². The van der Waals surface area contributed by atoms with Gasteiger partial charge in [-0.15, -0.1) is 30.6 Å². The van der Waals surface area contributed by atoms with Gasteiger partial charge in [-0.25, -0.2) is 59.4 Å². The number of tetrazole rings is 3. The number of nitrogens with two attached hydrogens (primary N) is 2. The van der Waals surface area contributed by atoms with Crippen molar-refractivity contribution in [3.05, 3.63) is 173 Å². The van der Waals surface area contributed by atoms with Crippen molar-refractivity contribution in [1.29, 1.82) is 0 Å². The van der Waals surface area contributed by atoms with E-state index in [9.17, 15) is 9.59 Å². The molecule has 5 aromatic carbocycles. The van der Waals surface area contributed by atoms with Crippen LogP contribution in [0.5, 0.6) is 40.2 Å². The number of nitrogens with one attached hydrogen (secondary N) is 5. The summed E-state index contributed by atoms with van der Waals surface area (Å²) >= 11 is 32.0. The topological polar surface area (TPSA) is 536 Å². The van der Waals surface area contributed by atoms with Gasteiger partial charge in [0.05, 0.1) is 90.7 Å². The fourth-order valence-electron chi connectivity index (χ4n) is 12.4. The second kappa shape index (κ2) is 34.3. The van der Waals surface area contributed by atoms with Crippen molar-refractivity contribution in [2.24, 2.45) is 0 Å². The third-order valence-corrected chi connectivity index (χ3v) is 20.7. The molecule has 612 valence electrons. The molecule has 2 aliphatic heterocycles.